The number of nitrogens with zero attached hydrogens (tertiary/aromatic N) is 3. The second-order valence-corrected chi connectivity index (χ2v) is 6.29. The fourth-order valence-corrected chi connectivity index (χ4v) is 2.90. The zero-order chi connectivity index (χ0) is 19.2. The molecule has 0 atom stereocenters. The molecule has 0 aliphatic carbocycles. The zero-order valence-corrected chi connectivity index (χ0v) is 15.0. The van der Waals surface area contributed by atoms with Crippen LogP contribution in [-0.2, 0) is 11.3 Å². The van der Waals surface area contributed by atoms with Gasteiger partial charge in [0, 0.05) is 18.8 Å². The number of fused-ring (bicyclic) bond motifs is 1. The van der Waals surface area contributed by atoms with Crippen LogP contribution < -0.4 is 14.4 Å². The summed E-state index contributed by atoms with van der Waals surface area (Å²) in [6.45, 7) is 1.20. The number of carbonyl (C=O) groups excluding carboxylic acids is 1. The summed E-state index contributed by atoms with van der Waals surface area (Å²) >= 11 is 0. The van der Waals surface area contributed by atoms with Crippen LogP contribution in [0.5, 0.6) is 11.5 Å². The maximum absolute atomic E-state index is 13.2. The van der Waals surface area contributed by atoms with E-state index in [4.69, 9.17) is 14.7 Å². The van der Waals surface area contributed by atoms with Gasteiger partial charge in [0.05, 0.1) is 19.0 Å². The van der Waals surface area contributed by atoms with Gasteiger partial charge in [0.25, 0.3) is 0 Å². The third-order valence-corrected chi connectivity index (χ3v) is 4.18. The lowest BCUT2D eigenvalue weighted by Gasteiger charge is -2.25. The minimum absolute atomic E-state index is 0.153. The van der Waals surface area contributed by atoms with Crippen molar-refractivity contribution in [3.05, 3.63) is 53.8 Å². The SMILES string of the molecule is CN(CC(=O)N(CCC#N)c1ccc(F)cc1)Cc1ccc2c(c1)OCO2. The first kappa shape index (κ1) is 18.7. The molecule has 2 aromatic carbocycles. The molecule has 0 aromatic heterocycles. The van der Waals surface area contributed by atoms with Crippen LogP contribution in [0, 0.1) is 17.1 Å². The van der Waals surface area contributed by atoms with Crippen molar-refractivity contribution in [1.29, 1.82) is 5.26 Å². The van der Waals surface area contributed by atoms with Crippen LogP contribution in [0.3, 0.4) is 0 Å². The predicted octanol–water partition coefficient (Wildman–Crippen LogP) is 2.93. The van der Waals surface area contributed by atoms with E-state index in [2.05, 4.69) is 0 Å². The molecule has 6 nitrogen and oxygen atoms in total. The van der Waals surface area contributed by atoms with Crippen molar-refractivity contribution in [3.8, 4) is 17.6 Å². The van der Waals surface area contributed by atoms with Crippen LogP contribution in [-0.4, -0.2) is 37.7 Å². The first-order valence-electron chi connectivity index (χ1n) is 8.57. The van der Waals surface area contributed by atoms with E-state index < -0.39 is 0 Å². The van der Waals surface area contributed by atoms with Gasteiger partial charge in [-0.2, -0.15) is 5.26 Å². The zero-order valence-electron chi connectivity index (χ0n) is 15.0. The minimum atomic E-state index is -0.369. The number of halogens is 1. The Labute approximate surface area is 157 Å². The average Bonchev–Trinajstić information content (AvgIpc) is 3.11. The standard InChI is InChI=1S/C20H20FN3O3/c1-23(12-15-3-8-18-19(11-15)27-14-26-18)13-20(25)24(10-2-9-22)17-6-4-16(21)5-7-17/h3-8,11H,2,10,12-14H2,1H3. The molecule has 0 saturated carbocycles. The molecule has 0 saturated heterocycles. The number of likely N-dealkylation sites (N-methyl/N-ethyl adjacent to an activating group) is 1. The number of nitriles is 1. The predicted molar refractivity (Wildman–Crippen MR) is 97.9 cm³/mol. The Morgan fingerprint density at radius 1 is 1.19 bits per heavy atom. The Balaban J connectivity index is 1.65. The number of carbonyl (C=O) groups is 1. The number of hydrogen-bond acceptors (Lipinski definition) is 5. The van der Waals surface area contributed by atoms with E-state index in [1.807, 2.05) is 36.2 Å². The van der Waals surface area contributed by atoms with E-state index in [-0.39, 0.29) is 38.0 Å². The van der Waals surface area contributed by atoms with Gasteiger partial charge in [-0.15, -0.1) is 0 Å². The largest absolute Gasteiger partial charge is 0.454 e. The van der Waals surface area contributed by atoms with E-state index >= 15 is 0 Å². The molecule has 0 unspecified atom stereocenters. The minimum Gasteiger partial charge on any atom is -0.454 e. The topological polar surface area (TPSA) is 65.8 Å². The van der Waals surface area contributed by atoms with Crippen molar-refractivity contribution in [1.82, 2.24) is 4.90 Å². The molecule has 0 N–H and O–H groups in total. The number of ether oxygens (including phenoxy) is 2. The van der Waals surface area contributed by atoms with Crippen molar-refractivity contribution in [2.75, 3.05) is 31.8 Å². The Morgan fingerprint density at radius 2 is 1.93 bits per heavy atom. The van der Waals surface area contributed by atoms with Crippen LogP contribution in [0.1, 0.15) is 12.0 Å². The summed E-state index contributed by atoms with van der Waals surface area (Å²) in [5, 5.41) is 8.86. The van der Waals surface area contributed by atoms with Gasteiger partial charge in [0.1, 0.15) is 5.82 Å². The smallest absolute Gasteiger partial charge is 0.241 e. The summed E-state index contributed by atoms with van der Waals surface area (Å²) < 4.78 is 23.8. The van der Waals surface area contributed by atoms with Crippen molar-refractivity contribution < 1.29 is 18.7 Å². The molecular weight excluding hydrogens is 349 g/mol. The molecule has 0 radical (unpaired) electrons. The van der Waals surface area contributed by atoms with Crippen molar-refractivity contribution >= 4 is 11.6 Å². The molecule has 3 rings (SSSR count). The molecule has 0 fully saturated rings. The van der Waals surface area contributed by atoms with Crippen LogP contribution in [0.2, 0.25) is 0 Å². The molecule has 1 aliphatic heterocycles. The summed E-state index contributed by atoms with van der Waals surface area (Å²) in [5.74, 6) is 0.900. The van der Waals surface area contributed by atoms with Crippen LogP contribution in [0.4, 0.5) is 10.1 Å². The second kappa shape index (κ2) is 8.52. The molecule has 0 bridgehead atoms. The quantitative estimate of drug-likeness (QED) is 0.751. The maximum atomic E-state index is 13.2. The summed E-state index contributed by atoms with van der Waals surface area (Å²) in [6, 6.07) is 13.4. The van der Waals surface area contributed by atoms with Crippen LogP contribution >= 0.6 is 0 Å². The van der Waals surface area contributed by atoms with Gasteiger partial charge >= 0.3 is 0 Å². The third-order valence-electron chi connectivity index (χ3n) is 4.18. The van der Waals surface area contributed by atoms with E-state index in [9.17, 15) is 9.18 Å². The summed E-state index contributed by atoms with van der Waals surface area (Å²) in [6.07, 6.45) is 0.203. The average molecular weight is 369 g/mol. The molecular formula is C20H20FN3O3. The van der Waals surface area contributed by atoms with Gasteiger partial charge in [0.15, 0.2) is 11.5 Å². The van der Waals surface area contributed by atoms with Gasteiger partial charge in [-0.1, -0.05) is 6.07 Å². The van der Waals surface area contributed by atoms with E-state index in [1.165, 1.54) is 17.0 Å². The Morgan fingerprint density at radius 3 is 2.67 bits per heavy atom. The van der Waals surface area contributed by atoms with Gasteiger partial charge in [-0.25, -0.2) is 4.39 Å². The lowest BCUT2D eigenvalue weighted by atomic mass is 10.2. The molecule has 0 spiro atoms. The summed E-state index contributed by atoms with van der Waals surface area (Å²) in [7, 11) is 1.84. The van der Waals surface area contributed by atoms with Crippen molar-refractivity contribution in [2.45, 2.75) is 13.0 Å². The molecule has 1 heterocycles. The first-order valence-corrected chi connectivity index (χ1v) is 8.57. The maximum Gasteiger partial charge on any atom is 0.241 e. The molecule has 140 valence electrons. The molecule has 27 heavy (non-hydrogen) atoms. The van der Waals surface area contributed by atoms with Gasteiger partial charge in [-0.05, 0) is 49.0 Å². The summed E-state index contributed by atoms with van der Waals surface area (Å²) in [5.41, 5.74) is 1.58. The highest BCUT2D eigenvalue weighted by molar-refractivity contribution is 5.94. The van der Waals surface area contributed by atoms with Crippen LogP contribution in [0.15, 0.2) is 42.5 Å². The highest BCUT2D eigenvalue weighted by Crippen LogP contribution is 2.32. The highest BCUT2D eigenvalue weighted by Gasteiger charge is 2.19. The van der Waals surface area contributed by atoms with Gasteiger partial charge in [0.2, 0.25) is 12.7 Å². The normalized spacial score (nSPS) is 12.1. The second-order valence-electron chi connectivity index (χ2n) is 6.29. The highest BCUT2D eigenvalue weighted by atomic mass is 19.1. The monoisotopic (exact) mass is 369 g/mol. The Hall–Kier alpha value is -3.11. The fraction of sp³-hybridized carbons (Fsp3) is 0.300. The number of rotatable bonds is 7. The summed E-state index contributed by atoms with van der Waals surface area (Å²) in [4.78, 5) is 16.1. The number of hydrogen-bond donors (Lipinski definition) is 0. The Kier molecular flexibility index (Phi) is 5.89. The lowest BCUT2D eigenvalue weighted by molar-refractivity contribution is -0.119. The van der Waals surface area contributed by atoms with Crippen LogP contribution in [0.25, 0.3) is 0 Å². The number of benzene rings is 2. The van der Waals surface area contributed by atoms with Gasteiger partial charge < -0.3 is 14.4 Å². The molecule has 2 aromatic rings. The van der Waals surface area contributed by atoms with Crippen molar-refractivity contribution in [2.24, 2.45) is 0 Å². The van der Waals surface area contributed by atoms with E-state index in [1.54, 1.807) is 12.1 Å². The third kappa shape index (κ3) is 4.74. The lowest BCUT2D eigenvalue weighted by Crippen LogP contribution is -2.39. The fourth-order valence-electron chi connectivity index (χ4n) is 2.90. The van der Waals surface area contributed by atoms with Crippen molar-refractivity contribution in [3.63, 3.8) is 0 Å². The van der Waals surface area contributed by atoms with E-state index in [0.29, 0.717) is 18.0 Å². The number of amides is 1. The first-order chi connectivity index (χ1) is 13.1. The molecule has 1 aliphatic rings. The van der Waals surface area contributed by atoms with E-state index in [0.717, 1.165) is 11.3 Å². The molecule has 7 heteroatoms. The van der Waals surface area contributed by atoms with Gasteiger partial charge in [-0.3, -0.25) is 9.69 Å². The molecule has 1 amide bonds. The number of anilines is 1. The Bertz CT molecular complexity index is 849.